The Bertz CT molecular complexity index is 649. The molecule has 1 amide bonds. The minimum atomic E-state index is -0.320. The van der Waals surface area contributed by atoms with Crippen LogP contribution in [0.4, 0.5) is 11.4 Å². The van der Waals surface area contributed by atoms with E-state index in [1.165, 1.54) is 0 Å². The number of hydrogen-bond donors (Lipinski definition) is 3. The topological polar surface area (TPSA) is 93.0 Å². The molecule has 1 heterocycles. The number of rotatable bonds is 5. The number of anilines is 2. The molecule has 2 aromatic rings. The second-order valence-corrected chi connectivity index (χ2v) is 4.85. The quantitative estimate of drug-likeness (QED) is 0.788. The fourth-order valence-corrected chi connectivity index (χ4v) is 2.09. The van der Waals surface area contributed by atoms with E-state index in [0.717, 1.165) is 29.8 Å². The molecule has 0 radical (unpaired) electrons. The number of carbonyl (C=O) groups is 1. The number of nitrogens with two attached hydrogens (primary N) is 1. The van der Waals surface area contributed by atoms with Gasteiger partial charge in [0.05, 0.1) is 18.5 Å². The van der Waals surface area contributed by atoms with Gasteiger partial charge in [-0.1, -0.05) is 13.3 Å². The second kappa shape index (κ2) is 6.30. The summed E-state index contributed by atoms with van der Waals surface area (Å²) in [5.74, 6) is 0.425. The number of methoxy groups -OCH3 is 1. The van der Waals surface area contributed by atoms with Crippen LogP contribution >= 0.6 is 0 Å². The first-order chi connectivity index (χ1) is 10.1. The van der Waals surface area contributed by atoms with Gasteiger partial charge in [0.1, 0.15) is 5.75 Å². The monoisotopic (exact) mass is 288 g/mol. The van der Waals surface area contributed by atoms with Crippen molar-refractivity contribution in [3.63, 3.8) is 0 Å². The van der Waals surface area contributed by atoms with Crippen molar-refractivity contribution in [2.75, 3.05) is 18.2 Å². The molecule has 0 aliphatic rings. The Morgan fingerprint density at radius 2 is 2.24 bits per heavy atom. The smallest absolute Gasteiger partial charge is 0.278 e. The van der Waals surface area contributed by atoms with Crippen molar-refractivity contribution in [2.24, 2.45) is 0 Å². The highest BCUT2D eigenvalue weighted by Gasteiger charge is 2.17. The van der Waals surface area contributed by atoms with Crippen molar-refractivity contribution in [1.29, 1.82) is 0 Å². The van der Waals surface area contributed by atoms with Gasteiger partial charge in [-0.25, -0.2) is 0 Å². The Labute approximate surface area is 123 Å². The number of nitrogens with zero attached hydrogens (tertiary/aromatic N) is 1. The highest BCUT2D eigenvalue weighted by molar-refractivity contribution is 6.06. The number of nitrogens with one attached hydrogen (secondary N) is 2. The number of aromatic amines is 1. The van der Waals surface area contributed by atoms with Crippen LogP contribution in [0.25, 0.3) is 0 Å². The summed E-state index contributed by atoms with van der Waals surface area (Å²) >= 11 is 0. The molecule has 0 aliphatic heterocycles. The van der Waals surface area contributed by atoms with Gasteiger partial charge < -0.3 is 15.8 Å². The average molecular weight is 288 g/mol. The number of hydrogen-bond acceptors (Lipinski definition) is 4. The van der Waals surface area contributed by atoms with E-state index < -0.39 is 0 Å². The lowest BCUT2D eigenvalue weighted by Crippen LogP contribution is -2.15. The van der Waals surface area contributed by atoms with Crippen molar-refractivity contribution < 1.29 is 9.53 Å². The normalized spacial score (nSPS) is 10.4. The number of amides is 1. The van der Waals surface area contributed by atoms with Gasteiger partial charge in [-0.15, -0.1) is 0 Å². The number of carbonyl (C=O) groups excluding carboxylic acids is 1. The maximum Gasteiger partial charge on any atom is 0.278 e. The van der Waals surface area contributed by atoms with Crippen LogP contribution < -0.4 is 15.8 Å². The molecule has 0 atom stereocenters. The lowest BCUT2D eigenvalue weighted by atomic mass is 10.1. The van der Waals surface area contributed by atoms with Crippen LogP contribution in [-0.2, 0) is 6.42 Å². The molecular formula is C15H20N4O2. The Kier molecular flexibility index (Phi) is 4.47. The van der Waals surface area contributed by atoms with Crippen LogP contribution in [0.15, 0.2) is 18.2 Å². The summed E-state index contributed by atoms with van der Waals surface area (Å²) in [6.45, 7) is 3.94. The van der Waals surface area contributed by atoms with Gasteiger partial charge in [-0.3, -0.25) is 9.89 Å². The first kappa shape index (κ1) is 14.9. The SMILES string of the molecule is CCCc1[nH]nc(C(=O)Nc2ccc(OC)cc2C)c1N. The molecule has 6 nitrogen and oxygen atoms in total. The standard InChI is InChI=1S/C15H20N4O2/c1-4-5-12-13(16)14(19-18-12)15(20)17-11-7-6-10(21-3)8-9(11)2/h6-8H,4-5,16H2,1-3H3,(H,17,20)(H,18,19). The predicted octanol–water partition coefficient (Wildman–Crippen LogP) is 2.51. The Morgan fingerprint density at radius 1 is 1.48 bits per heavy atom. The van der Waals surface area contributed by atoms with Gasteiger partial charge in [-0.2, -0.15) is 5.10 Å². The molecule has 6 heteroatoms. The fourth-order valence-electron chi connectivity index (χ4n) is 2.09. The minimum absolute atomic E-state index is 0.230. The van der Waals surface area contributed by atoms with Crippen LogP contribution in [0.3, 0.4) is 0 Å². The number of benzene rings is 1. The summed E-state index contributed by atoms with van der Waals surface area (Å²) in [4.78, 5) is 12.3. The van der Waals surface area contributed by atoms with Crippen molar-refractivity contribution in [3.8, 4) is 5.75 Å². The highest BCUT2D eigenvalue weighted by atomic mass is 16.5. The van der Waals surface area contributed by atoms with E-state index in [4.69, 9.17) is 10.5 Å². The largest absolute Gasteiger partial charge is 0.497 e. The van der Waals surface area contributed by atoms with Gasteiger partial charge in [-0.05, 0) is 37.1 Å². The maximum absolute atomic E-state index is 12.3. The second-order valence-electron chi connectivity index (χ2n) is 4.85. The van der Waals surface area contributed by atoms with Crippen LogP contribution in [-0.4, -0.2) is 23.2 Å². The van der Waals surface area contributed by atoms with Crippen molar-refractivity contribution in [1.82, 2.24) is 10.2 Å². The molecular weight excluding hydrogens is 268 g/mol. The first-order valence-electron chi connectivity index (χ1n) is 6.85. The number of aromatic nitrogens is 2. The zero-order chi connectivity index (χ0) is 15.4. The summed E-state index contributed by atoms with van der Waals surface area (Å²) < 4.78 is 5.14. The van der Waals surface area contributed by atoms with Gasteiger partial charge in [0.15, 0.2) is 5.69 Å². The summed E-state index contributed by atoms with van der Waals surface area (Å²) in [6, 6.07) is 5.44. The lowest BCUT2D eigenvalue weighted by molar-refractivity contribution is 0.102. The van der Waals surface area contributed by atoms with E-state index in [0.29, 0.717) is 11.4 Å². The van der Waals surface area contributed by atoms with E-state index in [-0.39, 0.29) is 11.6 Å². The third kappa shape index (κ3) is 3.16. The molecule has 0 saturated heterocycles. The Morgan fingerprint density at radius 3 is 2.86 bits per heavy atom. The van der Waals surface area contributed by atoms with E-state index in [1.54, 1.807) is 19.2 Å². The van der Waals surface area contributed by atoms with Gasteiger partial charge in [0, 0.05) is 5.69 Å². The first-order valence-corrected chi connectivity index (χ1v) is 6.85. The third-order valence-electron chi connectivity index (χ3n) is 3.28. The van der Waals surface area contributed by atoms with Gasteiger partial charge in [0.2, 0.25) is 0 Å². The highest BCUT2D eigenvalue weighted by Crippen LogP contribution is 2.23. The van der Waals surface area contributed by atoms with Crippen molar-refractivity contribution in [3.05, 3.63) is 35.2 Å². The summed E-state index contributed by atoms with van der Waals surface area (Å²) in [5.41, 5.74) is 9.02. The molecule has 0 unspecified atom stereocenters. The third-order valence-corrected chi connectivity index (χ3v) is 3.28. The average Bonchev–Trinajstić information content (AvgIpc) is 2.83. The number of ether oxygens (including phenoxy) is 1. The number of nitrogen functional groups attached to an aromatic ring is 1. The molecule has 1 aromatic heterocycles. The van der Waals surface area contributed by atoms with Crippen molar-refractivity contribution in [2.45, 2.75) is 26.7 Å². The Balaban J connectivity index is 2.18. The molecule has 4 N–H and O–H groups in total. The van der Waals surface area contributed by atoms with Crippen LogP contribution in [0.5, 0.6) is 5.75 Å². The molecule has 2 rings (SSSR count). The maximum atomic E-state index is 12.3. The zero-order valence-electron chi connectivity index (χ0n) is 12.5. The molecule has 112 valence electrons. The van der Waals surface area contributed by atoms with Crippen LogP contribution in [0.1, 0.15) is 35.1 Å². The van der Waals surface area contributed by atoms with E-state index in [1.807, 2.05) is 19.9 Å². The van der Waals surface area contributed by atoms with Crippen LogP contribution in [0, 0.1) is 6.92 Å². The fraction of sp³-hybridized carbons (Fsp3) is 0.333. The zero-order valence-corrected chi connectivity index (χ0v) is 12.5. The van der Waals surface area contributed by atoms with Crippen LogP contribution in [0.2, 0.25) is 0 Å². The molecule has 1 aromatic carbocycles. The van der Waals surface area contributed by atoms with E-state index in [2.05, 4.69) is 15.5 Å². The molecule has 0 aliphatic carbocycles. The predicted molar refractivity (Wildman–Crippen MR) is 82.7 cm³/mol. The number of H-pyrrole nitrogens is 1. The number of aryl methyl sites for hydroxylation is 2. The molecule has 0 bridgehead atoms. The summed E-state index contributed by atoms with van der Waals surface area (Å²) in [6.07, 6.45) is 1.71. The summed E-state index contributed by atoms with van der Waals surface area (Å²) in [5, 5.41) is 9.64. The van der Waals surface area contributed by atoms with E-state index >= 15 is 0 Å². The summed E-state index contributed by atoms with van der Waals surface area (Å²) in [7, 11) is 1.60. The molecule has 0 spiro atoms. The molecule has 21 heavy (non-hydrogen) atoms. The van der Waals surface area contributed by atoms with Crippen molar-refractivity contribution >= 4 is 17.3 Å². The van der Waals surface area contributed by atoms with E-state index in [9.17, 15) is 4.79 Å². The minimum Gasteiger partial charge on any atom is -0.497 e. The van der Waals surface area contributed by atoms with Gasteiger partial charge in [0.25, 0.3) is 5.91 Å². The van der Waals surface area contributed by atoms with Gasteiger partial charge >= 0.3 is 0 Å². The molecule has 0 fully saturated rings. The lowest BCUT2D eigenvalue weighted by Gasteiger charge is -2.09. The Hall–Kier alpha value is -2.50. The molecule has 0 saturated carbocycles.